The van der Waals surface area contributed by atoms with Gasteiger partial charge >= 0.3 is 5.97 Å². The van der Waals surface area contributed by atoms with Gasteiger partial charge in [-0.1, -0.05) is 13.8 Å². The van der Waals surface area contributed by atoms with Crippen LogP contribution in [0, 0.1) is 5.92 Å². The molecular formula is C9H15NO3. The van der Waals surface area contributed by atoms with Crippen molar-refractivity contribution in [1.82, 2.24) is 4.90 Å². The molecular weight excluding hydrogens is 170 g/mol. The van der Waals surface area contributed by atoms with Gasteiger partial charge in [-0.15, -0.1) is 0 Å². The van der Waals surface area contributed by atoms with Gasteiger partial charge in [-0.3, -0.25) is 4.79 Å². The smallest absolute Gasteiger partial charge is 0.326 e. The van der Waals surface area contributed by atoms with Crippen molar-refractivity contribution in [2.24, 2.45) is 5.92 Å². The fourth-order valence-electron chi connectivity index (χ4n) is 1.74. The molecule has 74 valence electrons. The van der Waals surface area contributed by atoms with E-state index in [0.29, 0.717) is 13.0 Å². The zero-order valence-electron chi connectivity index (χ0n) is 7.99. The Morgan fingerprint density at radius 1 is 1.54 bits per heavy atom. The number of amides is 1. The Morgan fingerprint density at radius 3 is 2.46 bits per heavy atom. The molecule has 0 aromatic carbocycles. The molecule has 0 aromatic rings. The van der Waals surface area contributed by atoms with E-state index in [1.54, 1.807) is 0 Å². The summed E-state index contributed by atoms with van der Waals surface area (Å²) >= 11 is 0. The molecule has 1 amide bonds. The molecule has 4 nitrogen and oxygen atoms in total. The van der Waals surface area contributed by atoms with Gasteiger partial charge in [0.25, 0.3) is 0 Å². The molecule has 1 heterocycles. The minimum atomic E-state index is -0.898. The van der Waals surface area contributed by atoms with Crippen molar-refractivity contribution in [3.63, 3.8) is 0 Å². The number of likely N-dealkylation sites (tertiary alicyclic amines) is 1. The van der Waals surface area contributed by atoms with Gasteiger partial charge in [-0.2, -0.15) is 0 Å². The van der Waals surface area contributed by atoms with Crippen molar-refractivity contribution in [1.29, 1.82) is 0 Å². The molecule has 1 saturated heterocycles. The number of hydrogen-bond acceptors (Lipinski definition) is 2. The van der Waals surface area contributed by atoms with Crippen molar-refractivity contribution in [3.8, 4) is 0 Å². The molecule has 1 atom stereocenters. The highest BCUT2D eigenvalue weighted by atomic mass is 16.4. The maximum Gasteiger partial charge on any atom is 0.326 e. The van der Waals surface area contributed by atoms with Crippen LogP contribution >= 0.6 is 0 Å². The summed E-state index contributed by atoms with van der Waals surface area (Å²) < 4.78 is 0. The second-order valence-corrected chi connectivity index (χ2v) is 3.72. The van der Waals surface area contributed by atoms with E-state index >= 15 is 0 Å². The van der Waals surface area contributed by atoms with Gasteiger partial charge in [0, 0.05) is 13.0 Å². The van der Waals surface area contributed by atoms with Crippen molar-refractivity contribution in [3.05, 3.63) is 0 Å². The number of carbonyl (C=O) groups is 2. The molecule has 1 fully saturated rings. The lowest BCUT2D eigenvalue weighted by Crippen LogP contribution is -2.45. The van der Waals surface area contributed by atoms with Gasteiger partial charge in [-0.05, 0) is 12.3 Å². The number of carboxylic acid groups (broad SMARTS) is 1. The fraction of sp³-hybridized carbons (Fsp3) is 0.778. The topological polar surface area (TPSA) is 57.6 Å². The van der Waals surface area contributed by atoms with E-state index in [0.717, 1.165) is 6.42 Å². The third-order valence-electron chi connectivity index (χ3n) is 2.33. The van der Waals surface area contributed by atoms with Crippen LogP contribution in [0.2, 0.25) is 0 Å². The second kappa shape index (κ2) is 3.77. The van der Waals surface area contributed by atoms with Gasteiger partial charge in [0.1, 0.15) is 6.04 Å². The predicted molar refractivity (Wildman–Crippen MR) is 47.2 cm³/mol. The summed E-state index contributed by atoms with van der Waals surface area (Å²) in [5, 5.41) is 8.93. The highest BCUT2D eigenvalue weighted by Gasteiger charge is 2.34. The summed E-state index contributed by atoms with van der Waals surface area (Å²) in [5.74, 6) is -0.953. The molecule has 0 radical (unpaired) electrons. The van der Waals surface area contributed by atoms with Crippen molar-refractivity contribution in [2.75, 3.05) is 6.54 Å². The van der Waals surface area contributed by atoms with E-state index in [1.165, 1.54) is 4.90 Å². The number of hydrogen-bond donors (Lipinski definition) is 1. The van der Waals surface area contributed by atoms with Gasteiger partial charge in [0.2, 0.25) is 5.91 Å². The third-order valence-corrected chi connectivity index (χ3v) is 2.33. The monoisotopic (exact) mass is 185 g/mol. The van der Waals surface area contributed by atoms with Crippen molar-refractivity contribution < 1.29 is 14.7 Å². The lowest BCUT2D eigenvalue weighted by Gasteiger charge is -2.26. The summed E-state index contributed by atoms with van der Waals surface area (Å²) in [7, 11) is 0. The minimum absolute atomic E-state index is 0.0268. The van der Waals surface area contributed by atoms with Crippen molar-refractivity contribution >= 4 is 11.9 Å². The standard InChI is InChI=1S/C9H15NO3/c1-6(2)8(9(12)13)10-5-3-4-7(10)11/h6,8H,3-5H2,1-2H3,(H,12,13)/t8-/m0/s1. The lowest BCUT2D eigenvalue weighted by atomic mass is 10.0. The van der Waals surface area contributed by atoms with Crippen LogP contribution in [-0.4, -0.2) is 34.5 Å². The SMILES string of the molecule is CC(C)[C@@H](C(=O)O)N1CCCC1=O. The molecule has 1 aliphatic rings. The maximum absolute atomic E-state index is 11.3. The maximum atomic E-state index is 11.3. The van der Waals surface area contributed by atoms with E-state index < -0.39 is 12.0 Å². The summed E-state index contributed by atoms with van der Waals surface area (Å²) in [6.07, 6.45) is 1.28. The Labute approximate surface area is 77.5 Å². The molecule has 13 heavy (non-hydrogen) atoms. The lowest BCUT2D eigenvalue weighted by molar-refractivity contribution is -0.150. The number of aliphatic carboxylic acids is 1. The highest BCUT2D eigenvalue weighted by Crippen LogP contribution is 2.18. The number of rotatable bonds is 3. The molecule has 1 rings (SSSR count). The molecule has 0 bridgehead atoms. The van der Waals surface area contributed by atoms with Crippen LogP contribution in [-0.2, 0) is 9.59 Å². The van der Waals surface area contributed by atoms with Crippen LogP contribution in [0.4, 0.5) is 0 Å². The second-order valence-electron chi connectivity index (χ2n) is 3.72. The zero-order chi connectivity index (χ0) is 10.0. The molecule has 0 aliphatic carbocycles. The molecule has 0 aromatic heterocycles. The predicted octanol–water partition coefficient (Wildman–Crippen LogP) is 0.718. The van der Waals surface area contributed by atoms with Gasteiger partial charge < -0.3 is 10.0 Å². The first kappa shape index (κ1) is 10.0. The van der Waals surface area contributed by atoms with E-state index in [9.17, 15) is 9.59 Å². The normalized spacial score (nSPS) is 19.6. The van der Waals surface area contributed by atoms with Crippen LogP contribution in [0.3, 0.4) is 0 Å². The minimum Gasteiger partial charge on any atom is -0.480 e. The average Bonchev–Trinajstić information content (AvgIpc) is 2.35. The van der Waals surface area contributed by atoms with Gasteiger partial charge in [0.05, 0.1) is 0 Å². The molecule has 0 spiro atoms. The molecule has 0 unspecified atom stereocenters. The number of nitrogens with zero attached hydrogens (tertiary/aromatic N) is 1. The first-order valence-corrected chi connectivity index (χ1v) is 4.56. The highest BCUT2D eigenvalue weighted by molar-refractivity contribution is 5.85. The Morgan fingerprint density at radius 2 is 2.15 bits per heavy atom. The Kier molecular flexibility index (Phi) is 2.90. The fourth-order valence-corrected chi connectivity index (χ4v) is 1.74. The number of carboxylic acids is 1. The van der Waals surface area contributed by atoms with E-state index in [2.05, 4.69) is 0 Å². The first-order valence-electron chi connectivity index (χ1n) is 4.56. The van der Waals surface area contributed by atoms with Crippen LogP contribution in [0.1, 0.15) is 26.7 Å². The average molecular weight is 185 g/mol. The summed E-state index contributed by atoms with van der Waals surface area (Å²) in [6, 6.07) is -0.644. The van der Waals surface area contributed by atoms with Crippen LogP contribution < -0.4 is 0 Å². The van der Waals surface area contributed by atoms with E-state index in [-0.39, 0.29) is 11.8 Å². The third kappa shape index (κ3) is 1.99. The van der Waals surface area contributed by atoms with E-state index in [1.807, 2.05) is 13.8 Å². The summed E-state index contributed by atoms with van der Waals surface area (Å²) in [6.45, 7) is 4.24. The van der Waals surface area contributed by atoms with Crippen molar-refractivity contribution in [2.45, 2.75) is 32.7 Å². The molecule has 4 heteroatoms. The summed E-state index contributed by atoms with van der Waals surface area (Å²) in [4.78, 5) is 23.6. The number of carbonyl (C=O) groups excluding carboxylic acids is 1. The van der Waals surface area contributed by atoms with Gasteiger partial charge in [0.15, 0.2) is 0 Å². The van der Waals surface area contributed by atoms with E-state index in [4.69, 9.17) is 5.11 Å². The molecule has 1 N–H and O–H groups in total. The molecule has 1 aliphatic heterocycles. The Hall–Kier alpha value is -1.06. The Balaban J connectivity index is 2.75. The first-order chi connectivity index (χ1) is 6.04. The van der Waals surface area contributed by atoms with Crippen LogP contribution in [0.5, 0.6) is 0 Å². The molecule has 0 saturated carbocycles. The van der Waals surface area contributed by atoms with Crippen LogP contribution in [0.15, 0.2) is 0 Å². The van der Waals surface area contributed by atoms with Crippen LogP contribution in [0.25, 0.3) is 0 Å². The quantitative estimate of drug-likeness (QED) is 0.704. The Bertz CT molecular complexity index is 225. The largest absolute Gasteiger partial charge is 0.480 e. The zero-order valence-corrected chi connectivity index (χ0v) is 7.99. The van der Waals surface area contributed by atoms with Gasteiger partial charge in [-0.25, -0.2) is 4.79 Å². The summed E-state index contributed by atoms with van der Waals surface area (Å²) in [5.41, 5.74) is 0.